The zero-order valence-corrected chi connectivity index (χ0v) is 13.8. The Morgan fingerprint density at radius 2 is 1.95 bits per heavy atom. The lowest BCUT2D eigenvalue weighted by Gasteiger charge is -2.19. The van der Waals surface area contributed by atoms with Crippen LogP contribution in [0.15, 0.2) is 18.2 Å². The highest BCUT2D eigenvalue weighted by atomic mass is 35.5. The third-order valence-corrected chi connectivity index (χ3v) is 3.66. The van der Waals surface area contributed by atoms with Crippen molar-refractivity contribution in [1.29, 1.82) is 0 Å². The van der Waals surface area contributed by atoms with Gasteiger partial charge >= 0.3 is 5.97 Å². The fraction of sp³-hybridized carbons (Fsp3) is 0.467. The fourth-order valence-electron chi connectivity index (χ4n) is 1.84. The number of rotatable bonds is 6. The molecule has 1 rings (SSSR count). The second-order valence-corrected chi connectivity index (χ2v) is 5.89. The predicted octanol–water partition coefficient (Wildman–Crippen LogP) is 3.24. The van der Waals surface area contributed by atoms with Crippen molar-refractivity contribution in [3.05, 3.63) is 33.8 Å². The molecule has 1 amide bonds. The molecule has 1 aromatic rings. The highest BCUT2D eigenvalue weighted by Crippen LogP contribution is 2.22. The minimum Gasteiger partial charge on any atom is -0.467 e. The molecule has 0 heterocycles. The van der Waals surface area contributed by atoms with Crippen LogP contribution in [0, 0.1) is 5.92 Å². The summed E-state index contributed by atoms with van der Waals surface area (Å²) in [6.45, 7) is 3.69. The molecule has 0 aliphatic carbocycles. The number of hydrogen-bond donors (Lipinski definition) is 1. The van der Waals surface area contributed by atoms with Crippen LogP contribution in [0.5, 0.6) is 0 Å². The molecule has 1 N–H and O–H groups in total. The monoisotopic (exact) mass is 331 g/mol. The van der Waals surface area contributed by atoms with Crippen LogP contribution < -0.4 is 5.32 Å². The van der Waals surface area contributed by atoms with E-state index in [0.717, 1.165) is 5.56 Å². The maximum Gasteiger partial charge on any atom is 0.328 e. The molecule has 0 bridgehead atoms. The Morgan fingerprint density at radius 3 is 2.48 bits per heavy atom. The number of benzene rings is 1. The number of methoxy groups -OCH3 is 1. The van der Waals surface area contributed by atoms with Crippen LogP contribution in [0.4, 0.5) is 0 Å². The Labute approximate surface area is 134 Å². The highest BCUT2D eigenvalue weighted by Gasteiger charge is 2.24. The molecule has 0 radical (unpaired) electrons. The molecular formula is C15H19Cl2NO3. The van der Waals surface area contributed by atoms with Crippen molar-refractivity contribution in [3.63, 3.8) is 0 Å². The topological polar surface area (TPSA) is 55.4 Å². The zero-order valence-electron chi connectivity index (χ0n) is 12.3. The SMILES string of the molecule is COC(=O)C(NC(=O)CCc1ccc(Cl)cc1Cl)C(C)C. The zero-order chi connectivity index (χ0) is 16.0. The second-order valence-electron chi connectivity index (χ2n) is 5.05. The standard InChI is InChI=1S/C15H19Cl2NO3/c1-9(2)14(15(20)21-3)18-13(19)7-5-10-4-6-11(16)8-12(10)17/h4,6,8-9,14H,5,7H2,1-3H3,(H,18,19). The van der Waals surface area contributed by atoms with E-state index in [-0.39, 0.29) is 18.2 Å². The molecule has 1 aromatic carbocycles. The molecule has 0 saturated heterocycles. The summed E-state index contributed by atoms with van der Waals surface area (Å²) in [5.41, 5.74) is 0.843. The number of nitrogens with one attached hydrogen (secondary N) is 1. The number of aryl methyl sites for hydroxylation is 1. The number of carbonyl (C=O) groups is 2. The Morgan fingerprint density at radius 1 is 1.29 bits per heavy atom. The van der Waals surface area contributed by atoms with Crippen molar-refractivity contribution in [2.45, 2.75) is 32.7 Å². The van der Waals surface area contributed by atoms with E-state index in [1.54, 1.807) is 18.2 Å². The van der Waals surface area contributed by atoms with Crippen molar-refractivity contribution in [1.82, 2.24) is 5.32 Å². The van der Waals surface area contributed by atoms with Gasteiger partial charge < -0.3 is 10.1 Å². The summed E-state index contributed by atoms with van der Waals surface area (Å²) in [6, 6.07) is 4.52. The van der Waals surface area contributed by atoms with E-state index in [4.69, 9.17) is 23.2 Å². The van der Waals surface area contributed by atoms with Crippen molar-refractivity contribution in [3.8, 4) is 0 Å². The average Bonchev–Trinajstić information content (AvgIpc) is 2.42. The Hall–Kier alpha value is -1.26. The van der Waals surface area contributed by atoms with E-state index in [0.29, 0.717) is 16.5 Å². The van der Waals surface area contributed by atoms with E-state index in [9.17, 15) is 9.59 Å². The van der Waals surface area contributed by atoms with Gasteiger partial charge in [0.05, 0.1) is 7.11 Å². The van der Waals surface area contributed by atoms with E-state index in [2.05, 4.69) is 10.1 Å². The van der Waals surface area contributed by atoms with E-state index < -0.39 is 12.0 Å². The molecule has 6 heteroatoms. The third kappa shape index (κ3) is 5.56. The van der Waals surface area contributed by atoms with E-state index in [1.807, 2.05) is 13.8 Å². The summed E-state index contributed by atoms with van der Waals surface area (Å²) in [6.07, 6.45) is 0.718. The van der Waals surface area contributed by atoms with Gasteiger partial charge in [0.2, 0.25) is 5.91 Å². The van der Waals surface area contributed by atoms with E-state index in [1.165, 1.54) is 7.11 Å². The summed E-state index contributed by atoms with van der Waals surface area (Å²) in [5.74, 6) is -0.700. The minimum absolute atomic E-state index is 0.0412. The van der Waals surface area contributed by atoms with Crippen LogP contribution in [-0.2, 0) is 20.7 Å². The largest absolute Gasteiger partial charge is 0.467 e. The summed E-state index contributed by atoms with van der Waals surface area (Å²) >= 11 is 11.9. The molecule has 0 fully saturated rings. The molecule has 0 aliphatic rings. The number of halogens is 2. The van der Waals surface area contributed by atoms with Gasteiger partial charge in [-0.25, -0.2) is 4.79 Å². The maximum atomic E-state index is 11.9. The lowest BCUT2D eigenvalue weighted by molar-refractivity contribution is -0.146. The van der Waals surface area contributed by atoms with Crippen LogP contribution in [0.25, 0.3) is 0 Å². The average molecular weight is 332 g/mol. The van der Waals surface area contributed by atoms with Crippen LogP contribution in [0.3, 0.4) is 0 Å². The summed E-state index contributed by atoms with van der Waals surface area (Å²) < 4.78 is 4.68. The molecule has 1 unspecified atom stereocenters. The summed E-state index contributed by atoms with van der Waals surface area (Å²) in [5, 5.41) is 3.77. The molecule has 0 spiro atoms. The first-order valence-corrected chi connectivity index (χ1v) is 7.42. The summed E-state index contributed by atoms with van der Waals surface area (Å²) in [7, 11) is 1.30. The first-order chi connectivity index (χ1) is 9.85. The van der Waals surface area contributed by atoms with Gasteiger partial charge in [-0.2, -0.15) is 0 Å². The molecule has 0 aliphatic heterocycles. The van der Waals surface area contributed by atoms with Crippen molar-refractivity contribution in [2.75, 3.05) is 7.11 Å². The molecule has 116 valence electrons. The third-order valence-electron chi connectivity index (χ3n) is 3.07. The predicted molar refractivity (Wildman–Crippen MR) is 83.6 cm³/mol. The van der Waals surface area contributed by atoms with Gasteiger partial charge in [0.1, 0.15) is 6.04 Å². The Bertz CT molecular complexity index is 518. The first kappa shape index (κ1) is 17.8. The van der Waals surface area contributed by atoms with Crippen molar-refractivity contribution < 1.29 is 14.3 Å². The molecule has 1 atom stereocenters. The van der Waals surface area contributed by atoms with E-state index >= 15 is 0 Å². The molecule has 0 saturated carbocycles. The van der Waals surface area contributed by atoms with Gasteiger partial charge in [-0.1, -0.05) is 43.1 Å². The fourth-order valence-corrected chi connectivity index (χ4v) is 2.35. The van der Waals surface area contributed by atoms with Gasteiger partial charge in [0.15, 0.2) is 0 Å². The van der Waals surface area contributed by atoms with Crippen molar-refractivity contribution >= 4 is 35.1 Å². The quantitative estimate of drug-likeness (QED) is 0.814. The smallest absolute Gasteiger partial charge is 0.328 e. The summed E-state index contributed by atoms with van der Waals surface area (Å²) in [4.78, 5) is 23.5. The number of amides is 1. The number of hydrogen-bond acceptors (Lipinski definition) is 3. The lowest BCUT2D eigenvalue weighted by atomic mass is 10.0. The molecule has 4 nitrogen and oxygen atoms in total. The van der Waals surface area contributed by atoms with Gasteiger partial charge in [-0.05, 0) is 30.0 Å². The van der Waals surface area contributed by atoms with Crippen LogP contribution in [0.1, 0.15) is 25.8 Å². The van der Waals surface area contributed by atoms with Gasteiger partial charge in [0, 0.05) is 16.5 Å². The van der Waals surface area contributed by atoms with Crippen molar-refractivity contribution in [2.24, 2.45) is 5.92 Å². The van der Waals surface area contributed by atoms with Crippen LogP contribution >= 0.6 is 23.2 Å². The highest BCUT2D eigenvalue weighted by molar-refractivity contribution is 6.35. The maximum absolute atomic E-state index is 11.9. The normalized spacial score (nSPS) is 12.1. The second kappa shape index (κ2) is 8.25. The lowest BCUT2D eigenvalue weighted by Crippen LogP contribution is -2.45. The van der Waals surface area contributed by atoms with Gasteiger partial charge in [-0.3, -0.25) is 4.79 Å². The van der Waals surface area contributed by atoms with Gasteiger partial charge in [0.25, 0.3) is 0 Å². The Kier molecular flexibility index (Phi) is 6.99. The molecule has 21 heavy (non-hydrogen) atoms. The molecule has 0 aromatic heterocycles. The van der Waals surface area contributed by atoms with Crippen LogP contribution in [0.2, 0.25) is 10.0 Å². The minimum atomic E-state index is -0.636. The number of carbonyl (C=O) groups excluding carboxylic acids is 2. The first-order valence-electron chi connectivity index (χ1n) is 6.66. The van der Waals surface area contributed by atoms with Crippen LogP contribution in [-0.4, -0.2) is 25.0 Å². The molecular weight excluding hydrogens is 313 g/mol. The van der Waals surface area contributed by atoms with Gasteiger partial charge in [-0.15, -0.1) is 0 Å². The number of esters is 1. The Balaban J connectivity index is 2.58. The number of ether oxygens (including phenoxy) is 1.